The van der Waals surface area contributed by atoms with Crippen LogP contribution >= 0.6 is 0 Å². The predicted octanol–water partition coefficient (Wildman–Crippen LogP) is 0.00950. The summed E-state index contributed by atoms with van der Waals surface area (Å²) in [5.74, 6) is -0.435. The molecule has 0 unspecified atom stereocenters. The second-order valence-electron chi connectivity index (χ2n) is 5.88. The average molecular weight is 339 g/mol. The molecule has 2 aromatic rings. The van der Waals surface area contributed by atoms with E-state index in [9.17, 15) is 14.3 Å². The van der Waals surface area contributed by atoms with Crippen LogP contribution in [-0.2, 0) is 9.53 Å². The number of alkyl halides is 1. The molecule has 3 N–H and O–H groups in total. The number of ether oxygens (including phenoxy) is 1. The van der Waals surface area contributed by atoms with Crippen molar-refractivity contribution in [2.75, 3.05) is 11.9 Å². The lowest BCUT2D eigenvalue weighted by atomic mass is 10.1. The number of fused-ring (bicyclic) bond motifs is 1. The van der Waals surface area contributed by atoms with Gasteiger partial charge < -0.3 is 14.9 Å². The van der Waals surface area contributed by atoms with E-state index in [1.54, 1.807) is 13.8 Å². The molecule has 24 heavy (non-hydrogen) atoms. The molecule has 1 aliphatic rings. The summed E-state index contributed by atoms with van der Waals surface area (Å²) >= 11 is 0. The van der Waals surface area contributed by atoms with Crippen LogP contribution in [0.1, 0.15) is 20.1 Å². The smallest absolute Gasteiger partial charge is 0.231 e. The van der Waals surface area contributed by atoms with E-state index in [2.05, 4.69) is 20.3 Å². The fourth-order valence-electron chi connectivity index (χ4n) is 2.41. The number of carbonyl (C=O) groups excluding carboxylic acids is 1. The molecule has 1 amide bonds. The molecule has 4 atom stereocenters. The van der Waals surface area contributed by atoms with Crippen molar-refractivity contribution in [3.05, 3.63) is 12.5 Å². The van der Waals surface area contributed by atoms with Gasteiger partial charge in [-0.25, -0.2) is 14.4 Å². The number of nitrogens with one attached hydrogen (secondary N) is 1. The second-order valence-corrected chi connectivity index (χ2v) is 5.88. The first-order chi connectivity index (χ1) is 11.4. The Morgan fingerprint density at radius 1 is 1.50 bits per heavy atom. The monoisotopic (exact) mass is 339 g/mol. The van der Waals surface area contributed by atoms with Crippen LogP contribution in [0.4, 0.5) is 10.3 Å². The van der Waals surface area contributed by atoms with Crippen molar-refractivity contribution in [3.63, 3.8) is 0 Å². The molecule has 0 bridgehead atoms. The molecule has 3 heterocycles. The molecular weight excluding hydrogens is 321 g/mol. The molecule has 130 valence electrons. The maximum Gasteiger partial charge on any atom is 0.231 e. The van der Waals surface area contributed by atoms with Crippen molar-refractivity contribution in [2.24, 2.45) is 5.92 Å². The molecular formula is C14H18FN5O4. The Morgan fingerprint density at radius 2 is 2.25 bits per heavy atom. The SMILES string of the molecule is CC(C)C(=O)Nc1ncc2ncn([C@@H]3O[C@H](CO)[C@@H](O)[C@H]3F)c2n1. The molecule has 0 spiro atoms. The Labute approximate surface area is 136 Å². The first-order valence-corrected chi connectivity index (χ1v) is 7.51. The third-order valence-electron chi connectivity index (χ3n) is 3.82. The van der Waals surface area contributed by atoms with Crippen molar-refractivity contribution in [2.45, 2.75) is 38.5 Å². The highest BCUT2D eigenvalue weighted by Crippen LogP contribution is 2.33. The van der Waals surface area contributed by atoms with Gasteiger partial charge in [-0.15, -0.1) is 0 Å². The highest BCUT2D eigenvalue weighted by atomic mass is 19.1. The fraction of sp³-hybridized carbons (Fsp3) is 0.571. The van der Waals surface area contributed by atoms with Gasteiger partial charge in [0.2, 0.25) is 11.9 Å². The molecule has 0 aromatic carbocycles. The Bertz CT molecular complexity index is 752. The van der Waals surface area contributed by atoms with Gasteiger partial charge in [-0.05, 0) is 0 Å². The zero-order chi connectivity index (χ0) is 17.4. The molecule has 0 radical (unpaired) electrons. The van der Waals surface area contributed by atoms with Gasteiger partial charge in [0.25, 0.3) is 0 Å². The largest absolute Gasteiger partial charge is 0.394 e. The van der Waals surface area contributed by atoms with Crippen LogP contribution < -0.4 is 5.32 Å². The lowest BCUT2D eigenvalue weighted by molar-refractivity contribution is -0.118. The average Bonchev–Trinajstić information content (AvgIpc) is 3.09. The molecule has 0 aliphatic carbocycles. The summed E-state index contributed by atoms with van der Waals surface area (Å²) in [7, 11) is 0. The molecule has 1 saturated heterocycles. The second kappa shape index (κ2) is 6.38. The van der Waals surface area contributed by atoms with Gasteiger partial charge in [-0.2, -0.15) is 4.98 Å². The zero-order valence-electron chi connectivity index (χ0n) is 13.1. The minimum atomic E-state index is -1.75. The first-order valence-electron chi connectivity index (χ1n) is 7.51. The number of aromatic nitrogens is 4. The lowest BCUT2D eigenvalue weighted by Crippen LogP contribution is -2.30. The highest BCUT2D eigenvalue weighted by molar-refractivity contribution is 5.91. The van der Waals surface area contributed by atoms with Gasteiger partial charge >= 0.3 is 0 Å². The summed E-state index contributed by atoms with van der Waals surface area (Å²) in [6, 6.07) is 0. The number of hydrogen-bond acceptors (Lipinski definition) is 7. The topological polar surface area (TPSA) is 122 Å². The summed E-state index contributed by atoms with van der Waals surface area (Å²) in [6.07, 6.45) is -2.67. The molecule has 10 heteroatoms. The van der Waals surface area contributed by atoms with Gasteiger partial charge in [-0.1, -0.05) is 13.8 Å². The van der Waals surface area contributed by atoms with Gasteiger partial charge in [0.1, 0.15) is 17.7 Å². The van der Waals surface area contributed by atoms with Crippen molar-refractivity contribution in [3.8, 4) is 0 Å². The highest BCUT2D eigenvalue weighted by Gasteiger charge is 2.45. The summed E-state index contributed by atoms with van der Waals surface area (Å²) in [6.45, 7) is 2.96. The summed E-state index contributed by atoms with van der Waals surface area (Å²) in [4.78, 5) is 24.0. The van der Waals surface area contributed by atoms with E-state index >= 15 is 0 Å². The van der Waals surface area contributed by atoms with Crippen LogP contribution in [0.2, 0.25) is 0 Å². The van der Waals surface area contributed by atoms with Crippen LogP contribution in [0, 0.1) is 5.92 Å². The quantitative estimate of drug-likeness (QED) is 0.717. The number of halogens is 1. The van der Waals surface area contributed by atoms with E-state index in [0.29, 0.717) is 5.52 Å². The van der Waals surface area contributed by atoms with Gasteiger partial charge in [0.05, 0.1) is 19.1 Å². The number of nitrogens with zero attached hydrogens (tertiary/aromatic N) is 4. The predicted molar refractivity (Wildman–Crippen MR) is 80.7 cm³/mol. The Kier molecular flexibility index (Phi) is 4.43. The molecule has 0 saturated carbocycles. The Balaban J connectivity index is 1.93. The van der Waals surface area contributed by atoms with Crippen LogP contribution in [0.25, 0.3) is 11.2 Å². The number of amides is 1. The molecule has 1 aliphatic heterocycles. The third-order valence-corrected chi connectivity index (χ3v) is 3.82. The number of anilines is 1. The number of hydrogen-bond donors (Lipinski definition) is 3. The number of aliphatic hydroxyl groups excluding tert-OH is 2. The Hall–Kier alpha value is -2.17. The molecule has 9 nitrogen and oxygen atoms in total. The number of imidazole rings is 1. The minimum absolute atomic E-state index is 0.0654. The third kappa shape index (κ3) is 2.83. The van der Waals surface area contributed by atoms with E-state index in [1.165, 1.54) is 17.1 Å². The van der Waals surface area contributed by atoms with Crippen LogP contribution in [0.15, 0.2) is 12.5 Å². The maximum atomic E-state index is 14.3. The summed E-state index contributed by atoms with van der Waals surface area (Å²) < 4.78 is 20.9. The first kappa shape index (κ1) is 16.7. The fourth-order valence-corrected chi connectivity index (χ4v) is 2.41. The molecule has 1 fully saturated rings. The number of aliphatic hydroxyl groups is 2. The Morgan fingerprint density at radius 3 is 2.88 bits per heavy atom. The lowest BCUT2D eigenvalue weighted by Gasteiger charge is -2.15. The number of carbonyl (C=O) groups is 1. The van der Waals surface area contributed by atoms with Crippen LogP contribution in [0.5, 0.6) is 0 Å². The van der Waals surface area contributed by atoms with Crippen LogP contribution in [-0.4, -0.2) is 60.6 Å². The van der Waals surface area contributed by atoms with E-state index in [-0.39, 0.29) is 23.4 Å². The van der Waals surface area contributed by atoms with Crippen molar-refractivity contribution < 1.29 is 24.1 Å². The van der Waals surface area contributed by atoms with Crippen molar-refractivity contribution in [1.29, 1.82) is 0 Å². The van der Waals surface area contributed by atoms with E-state index in [0.717, 1.165) is 0 Å². The van der Waals surface area contributed by atoms with Gasteiger partial charge in [0, 0.05) is 5.92 Å². The molecule has 2 aromatic heterocycles. The van der Waals surface area contributed by atoms with Crippen molar-refractivity contribution >= 4 is 23.0 Å². The zero-order valence-corrected chi connectivity index (χ0v) is 13.1. The van der Waals surface area contributed by atoms with E-state index < -0.39 is 31.2 Å². The van der Waals surface area contributed by atoms with Crippen LogP contribution in [0.3, 0.4) is 0 Å². The maximum absolute atomic E-state index is 14.3. The van der Waals surface area contributed by atoms with E-state index in [4.69, 9.17) is 9.84 Å². The van der Waals surface area contributed by atoms with Crippen molar-refractivity contribution in [1.82, 2.24) is 19.5 Å². The summed E-state index contributed by atoms with van der Waals surface area (Å²) in [5, 5.41) is 21.4. The molecule has 3 rings (SSSR count). The number of rotatable bonds is 4. The van der Waals surface area contributed by atoms with Gasteiger partial charge in [0.15, 0.2) is 18.0 Å². The van der Waals surface area contributed by atoms with E-state index in [1.807, 2.05) is 0 Å². The normalized spacial score (nSPS) is 27.1. The standard InChI is InChI=1S/C14H18FN5O4/c1-6(2)12(23)19-14-16-3-7-11(18-14)20(5-17-7)13-9(15)10(22)8(4-21)24-13/h3,5-6,8-10,13,21-22H,4H2,1-2H3,(H,16,18,19,23)/t8-,9-,10-,13-/m1/s1. The summed E-state index contributed by atoms with van der Waals surface area (Å²) in [5.41, 5.74) is 0.637. The van der Waals surface area contributed by atoms with Gasteiger partial charge in [-0.3, -0.25) is 14.7 Å². The minimum Gasteiger partial charge on any atom is -0.394 e.